The monoisotopic (exact) mass is 617 g/mol. The predicted octanol–water partition coefficient (Wildman–Crippen LogP) is 5.49. The summed E-state index contributed by atoms with van der Waals surface area (Å²) in [7, 11) is 0. The van der Waals surface area contributed by atoms with Crippen LogP contribution >= 0.6 is 27.5 Å². The van der Waals surface area contributed by atoms with Crippen molar-refractivity contribution in [2.75, 3.05) is 44.2 Å². The largest absolute Gasteiger partial charge is 0.353 e. The second-order valence-electron chi connectivity index (χ2n) is 10.1. The molecule has 0 aliphatic carbocycles. The molecule has 0 atom stereocenters. The molecule has 206 valence electrons. The first-order chi connectivity index (χ1) is 18.9. The lowest BCUT2D eigenvalue weighted by atomic mass is 10.0. The van der Waals surface area contributed by atoms with E-state index in [-0.39, 0.29) is 5.91 Å². The standard InChI is InChI=1S/C29H31BrClF2N5O/c30-23-4-1-20(2-5-23)17-35-29(39)22-16-25(31)28(34-18-22)38-13-11-37(12-14-38)24-7-9-36(10-8-24)19-21-3-6-26(32)27(33)15-21/h1-6,15-16,18,24H,7-14,17,19H2,(H,35,39). The van der Waals surface area contributed by atoms with Gasteiger partial charge in [-0.3, -0.25) is 14.6 Å². The van der Waals surface area contributed by atoms with E-state index in [1.165, 1.54) is 12.1 Å². The Morgan fingerprint density at radius 3 is 2.31 bits per heavy atom. The second-order valence-corrected chi connectivity index (χ2v) is 11.4. The maximum Gasteiger partial charge on any atom is 0.253 e. The minimum absolute atomic E-state index is 0.209. The number of piperidine rings is 1. The fraction of sp³-hybridized carbons (Fsp3) is 0.379. The molecule has 0 spiro atoms. The van der Waals surface area contributed by atoms with Crippen molar-refractivity contribution in [3.63, 3.8) is 0 Å². The van der Waals surface area contributed by atoms with Gasteiger partial charge in [-0.15, -0.1) is 0 Å². The highest BCUT2D eigenvalue weighted by Gasteiger charge is 2.28. The molecular formula is C29H31BrClF2N5O. The SMILES string of the molecule is O=C(NCc1ccc(Br)cc1)c1cnc(N2CCN(C3CCN(Cc4ccc(F)c(F)c4)CC3)CC2)c(Cl)c1. The fourth-order valence-electron chi connectivity index (χ4n) is 5.31. The normalized spacial score (nSPS) is 17.4. The van der Waals surface area contributed by atoms with Crippen molar-refractivity contribution in [2.24, 2.45) is 0 Å². The number of aromatic nitrogens is 1. The molecule has 0 bridgehead atoms. The molecule has 5 rings (SSSR count). The topological polar surface area (TPSA) is 51.7 Å². The number of rotatable bonds is 7. The third kappa shape index (κ3) is 7.14. The first-order valence-corrected chi connectivity index (χ1v) is 14.4. The van der Waals surface area contributed by atoms with Crippen LogP contribution in [-0.4, -0.2) is 66.0 Å². The van der Waals surface area contributed by atoms with Crippen LogP contribution in [0.25, 0.3) is 0 Å². The van der Waals surface area contributed by atoms with E-state index in [4.69, 9.17) is 11.6 Å². The summed E-state index contributed by atoms with van der Waals surface area (Å²) in [5.74, 6) is -1.09. The van der Waals surface area contributed by atoms with Crippen molar-refractivity contribution in [1.82, 2.24) is 20.1 Å². The van der Waals surface area contributed by atoms with Crippen LogP contribution in [0.1, 0.15) is 34.3 Å². The average molecular weight is 619 g/mol. The molecule has 0 unspecified atom stereocenters. The molecule has 2 fully saturated rings. The lowest BCUT2D eigenvalue weighted by Crippen LogP contribution is -2.53. The van der Waals surface area contributed by atoms with Crippen LogP contribution < -0.4 is 10.2 Å². The lowest BCUT2D eigenvalue weighted by Gasteiger charge is -2.43. The van der Waals surface area contributed by atoms with Crippen molar-refractivity contribution >= 4 is 39.3 Å². The number of pyridine rings is 1. The smallest absolute Gasteiger partial charge is 0.253 e. The second kappa shape index (κ2) is 12.7. The van der Waals surface area contributed by atoms with Crippen molar-refractivity contribution < 1.29 is 13.6 Å². The number of nitrogens with zero attached hydrogens (tertiary/aromatic N) is 4. The van der Waals surface area contributed by atoms with Gasteiger partial charge >= 0.3 is 0 Å². The molecule has 2 saturated heterocycles. The fourth-order valence-corrected chi connectivity index (χ4v) is 5.86. The molecule has 2 aliphatic heterocycles. The molecule has 1 N–H and O–H groups in total. The molecule has 3 aromatic rings. The number of carbonyl (C=O) groups excluding carboxylic acids is 1. The van der Waals surface area contributed by atoms with Crippen LogP contribution in [0.5, 0.6) is 0 Å². The van der Waals surface area contributed by atoms with E-state index in [0.717, 1.165) is 67.7 Å². The number of halogens is 4. The zero-order chi connectivity index (χ0) is 27.4. The maximum absolute atomic E-state index is 13.5. The number of hydrogen-bond donors (Lipinski definition) is 1. The predicted molar refractivity (Wildman–Crippen MR) is 153 cm³/mol. The Balaban J connectivity index is 1.08. The molecule has 1 aromatic heterocycles. The molecule has 0 saturated carbocycles. The van der Waals surface area contributed by atoms with Crippen molar-refractivity contribution in [3.05, 3.63) is 92.5 Å². The minimum atomic E-state index is -0.804. The first-order valence-electron chi connectivity index (χ1n) is 13.2. The summed E-state index contributed by atoms with van der Waals surface area (Å²) in [6.45, 7) is 6.40. The van der Waals surface area contributed by atoms with E-state index >= 15 is 0 Å². The van der Waals surface area contributed by atoms with Crippen LogP contribution in [0.15, 0.2) is 59.2 Å². The summed E-state index contributed by atoms with van der Waals surface area (Å²) in [4.78, 5) is 24.2. The number of likely N-dealkylation sites (tertiary alicyclic amines) is 1. The highest BCUT2D eigenvalue weighted by molar-refractivity contribution is 9.10. The van der Waals surface area contributed by atoms with Gasteiger partial charge in [0.05, 0.1) is 10.6 Å². The van der Waals surface area contributed by atoms with Crippen LogP contribution in [0.4, 0.5) is 14.6 Å². The number of hydrogen-bond acceptors (Lipinski definition) is 5. The van der Waals surface area contributed by atoms with Gasteiger partial charge in [0.15, 0.2) is 11.6 Å². The van der Waals surface area contributed by atoms with Crippen LogP contribution in [-0.2, 0) is 13.1 Å². The van der Waals surface area contributed by atoms with Gasteiger partial charge in [-0.25, -0.2) is 13.8 Å². The molecule has 0 radical (unpaired) electrons. The van der Waals surface area contributed by atoms with E-state index < -0.39 is 11.6 Å². The summed E-state index contributed by atoms with van der Waals surface area (Å²) < 4.78 is 27.7. The highest BCUT2D eigenvalue weighted by Crippen LogP contribution is 2.27. The Hall–Kier alpha value is -2.59. The Morgan fingerprint density at radius 1 is 0.949 bits per heavy atom. The van der Waals surface area contributed by atoms with E-state index in [1.54, 1.807) is 18.3 Å². The number of amides is 1. The van der Waals surface area contributed by atoms with Gasteiger partial charge in [-0.2, -0.15) is 0 Å². The molecule has 6 nitrogen and oxygen atoms in total. The first kappa shape index (κ1) is 28.0. The summed E-state index contributed by atoms with van der Waals surface area (Å²) in [5.41, 5.74) is 2.25. The van der Waals surface area contributed by atoms with Gasteiger partial charge in [0.25, 0.3) is 5.91 Å². The molecule has 10 heteroatoms. The molecule has 3 heterocycles. The van der Waals surface area contributed by atoms with Crippen molar-refractivity contribution in [1.29, 1.82) is 0 Å². The van der Waals surface area contributed by atoms with Gasteiger partial charge in [0, 0.05) is 56.0 Å². The molecule has 1 amide bonds. The van der Waals surface area contributed by atoms with Crippen molar-refractivity contribution in [2.45, 2.75) is 32.0 Å². The maximum atomic E-state index is 13.5. The number of nitrogens with one attached hydrogen (secondary N) is 1. The third-order valence-electron chi connectivity index (χ3n) is 7.53. The number of piperazine rings is 1. The van der Waals surface area contributed by atoms with E-state index in [1.807, 2.05) is 24.3 Å². The summed E-state index contributed by atoms with van der Waals surface area (Å²) in [5, 5.41) is 3.39. The Morgan fingerprint density at radius 2 is 1.64 bits per heavy atom. The van der Waals surface area contributed by atoms with Gasteiger partial charge < -0.3 is 10.2 Å². The van der Waals surface area contributed by atoms with Gasteiger partial charge in [-0.05, 0) is 67.4 Å². The van der Waals surface area contributed by atoms with Crippen molar-refractivity contribution in [3.8, 4) is 0 Å². The lowest BCUT2D eigenvalue weighted by molar-refractivity contribution is 0.0950. The summed E-state index contributed by atoms with van der Waals surface area (Å²) in [6.07, 6.45) is 3.69. The average Bonchev–Trinajstić information content (AvgIpc) is 2.95. The van der Waals surface area contributed by atoms with Gasteiger partial charge in [0.1, 0.15) is 5.82 Å². The Bertz CT molecular complexity index is 1300. The molecule has 39 heavy (non-hydrogen) atoms. The molecule has 2 aliphatic rings. The minimum Gasteiger partial charge on any atom is -0.353 e. The third-order valence-corrected chi connectivity index (χ3v) is 8.33. The number of anilines is 1. The van der Waals surface area contributed by atoms with Gasteiger partial charge in [0.2, 0.25) is 0 Å². The summed E-state index contributed by atoms with van der Waals surface area (Å²) >= 11 is 9.99. The Labute approximate surface area is 241 Å². The summed E-state index contributed by atoms with van der Waals surface area (Å²) in [6, 6.07) is 14.1. The van der Waals surface area contributed by atoms with E-state index in [0.29, 0.717) is 35.5 Å². The van der Waals surface area contributed by atoms with Gasteiger partial charge in [-0.1, -0.05) is 45.7 Å². The van der Waals surface area contributed by atoms with Crippen LogP contribution in [0, 0.1) is 11.6 Å². The Kier molecular flexibility index (Phi) is 9.12. The van der Waals surface area contributed by atoms with E-state index in [9.17, 15) is 13.6 Å². The molecular weight excluding hydrogens is 588 g/mol. The van der Waals surface area contributed by atoms with Crippen LogP contribution in [0.3, 0.4) is 0 Å². The quantitative estimate of drug-likeness (QED) is 0.380. The molecule has 2 aromatic carbocycles. The number of benzene rings is 2. The zero-order valence-corrected chi connectivity index (χ0v) is 23.9. The highest BCUT2D eigenvalue weighted by atomic mass is 79.9. The van der Waals surface area contributed by atoms with Crippen LogP contribution in [0.2, 0.25) is 5.02 Å². The van der Waals surface area contributed by atoms with E-state index in [2.05, 4.69) is 40.9 Å². The number of carbonyl (C=O) groups is 1. The zero-order valence-electron chi connectivity index (χ0n) is 21.6.